The first-order valence-electron chi connectivity index (χ1n) is 6.80. The number of benzene rings is 2. The zero-order valence-electron chi connectivity index (χ0n) is 12.7. The highest BCUT2D eigenvalue weighted by molar-refractivity contribution is 7.90. The summed E-state index contributed by atoms with van der Waals surface area (Å²) in [5, 5.41) is 9.59. The lowest BCUT2D eigenvalue weighted by Gasteiger charge is -2.12. The molecule has 0 heterocycles. The highest BCUT2D eigenvalue weighted by Gasteiger charge is 2.12. The molecular formula is C17H16F2O3S. The van der Waals surface area contributed by atoms with Gasteiger partial charge in [0.05, 0.1) is 11.5 Å². The van der Waals surface area contributed by atoms with Crippen molar-refractivity contribution in [2.24, 2.45) is 0 Å². The Labute approximate surface area is 133 Å². The molecule has 0 aliphatic heterocycles. The van der Waals surface area contributed by atoms with Gasteiger partial charge in [-0.3, -0.25) is 0 Å². The second-order valence-electron chi connectivity index (χ2n) is 5.19. The van der Waals surface area contributed by atoms with E-state index in [0.717, 1.165) is 18.4 Å². The van der Waals surface area contributed by atoms with Crippen molar-refractivity contribution in [3.8, 4) is 0 Å². The van der Waals surface area contributed by atoms with Crippen LogP contribution >= 0.6 is 0 Å². The molecule has 0 bridgehead atoms. The standard InChI is InChI=1S/C17H16F2O3S/c1-11(12-3-6-14(7-4-12)23(2,21)22)15(10-20)13-5-8-16(18)17(19)9-13/h3-9,20H,10H2,1-2H3/b15-11+. The molecule has 1 N–H and O–H groups in total. The Kier molecular flexibility index (Phi) is 4.97. The topological polar surface area (TPSA) is 54.4 Å². The van der Waals surface area contributed by atoms with Gasteiger partial charge in [0.2, 0.25) is 0 Å². The van der Waals surface area contributed by atoms with Crippen molar-refractivity contribution in [3.05, 3.63) is 65.2 Å². The summed E-state index contributed by atoms with van der Waals surface area (Å²) in [5.74, 6) is -1.95. The van der Waals surface area contributed by atoms with Crippen molar-refractivity contribution >= 4 is 21.0 Å². The van der Waals surface area contributed by atoms with E-state index in [1.165, 1.54) is 18.2 Å². The van der Waals surface area contributed by atoms with Crippen LogP contribution in [-0.2, 0) is 9.84 Å². The number of aliphatic hydroxyl groups is 1. The SMILES string of the molecule is C/C(=C(/CO)c1ccc(F)c(F)c1)c1ccc(S(C)(=O)=O)cc1. The van der Waals surface area contributed by atoms with E-state index in [0.29, 0.717) is 22.3 Å². The zero-order chi connectivity index (χ0) is 17.2. The lowest BCUT2D eigenvalue weighted by molar-refractivity contribution is 0.350. The second kappa shape index (κ2) is 6.60. The van der Waals surface area contributed by atoms with E-state index in [9.17, 15) is 22.3 Å². The van der Waals surface area contributed by atoms with Crippen LogP contribution in [0.5, 0.6) is 0 Å². The molecular weight excluding hydrogens is 322 g/mol. The fourth-order valence-electron chi connectivity index (χ4n) is 2.24. The Balaban J connectivity index is 2.50. The highest BCUT2D eigenvalue weighted by Crippen LogP contribution is 2.27. The van der Waals surface area contributed by atoms with Crippen molar-refractivity contribution in [1.29, 1.82) is 0 Å². The summed E-state index contributed by atoms with van der Waals surface area (Å²) in [6.45, 7) is 1.37. The fourth-order valence-corrected chi connectivity index (χ4v) is 2.87. The first kappa shape index (κ1) is 17.3. The smallest absolute Gasteiger partial charge is 0.175 e. The minimum atomic E-state index is -3.29. The van der Waals surface area contributed by atoms with Gasteiger partial charge in [-0.15, -0.1) is 0 Å². The molecule has 0 aliphatic rings. The lowest BCUT2D eigenvalue weighted by Crippen LogP contribution is -1.99. The molecule has 0 spiro atoms. The van der Waals surface area contributed by atoms with Gasteiger partial charge in [-0.1, -0.05) is 18.2 Å². The van der Waals surface area contributed by atoms with Gasteiger partial charge in [-0.2, -0.15) is 0 Å². The summed E-state index contributed by atoms with van der Waals surface area (Å²) < 4.78 is 49.3. The molecule has 0 radical (unpaired) electrons. The van der Waals surface area contributed by atoms with Crippen LogP contribution < -0.4 is 0 Å². The van der Waals surface area contributed by atoms with Crippen LogP contribution in [0.3, 0.4) is 0 Å². The van der Waals surface area contributed by atoms with Crippen LogP contribution in [-0.4, -0.2) is 26.4 Å². The molecule has 0 aliphatic carbocycles. The third-order valence-corrected chi connectivity index (χ3v) is 4.72. The first-order valence-corrected chi connectivity index (χ1v) is 8.69. The second-order valence-corrected chi connectivity index (χ2v) is 7.20. The van der Waals surface area contributed by atoms with Gasteiger partial charge in [-0.25, -0.2) is 17.2 Å². The van der Waals surface area contributed by atoms with Gasteiger partial charge < -0.3 is 5.11 Å². The molecule has 0 aromatic heterocycles. The summed E-state index contributed by atoms with van der Waals surface area (Å²) in [5.41, 5.74) is 2.15. The molecule has 3 nitrogen and oxygen atoms in total. The van der Waals surface area contributed by atoms with Crippen LogP contribution in [0.1, 0.15) is 18.1 Å². The van der Waals surface area contributed by atoms with E-state index >= 15 is 0 Å². The number of sulfone groups is 1. The van der Waals surface area contributed by atoms with E-state index in [1.807, 2.05) is 0 Å². The third-order valence-electron chi connectivity index (χ3n) is 3.59. The summed E-state index contributed by atoms with van der Waals surface area (Å²) in [6.07, 6.45) is 1.12. The van der Waals surface area contributed by atoms with Crippen LogP contribution in [0.2, 0.25) is 0 Å². The molecule has 2 aromatic carbocycles. The molecule has 2 rings (SSSR count). The summed E-state index contributed by atoms with van der Waals surface area (Å²) in [4.78, 5) is 0.187. The van der Waals surface area contributed by atoms with Crippen LogP contribution in [0, 0.1) is 11.6 Å². The Morgan fingerprint density at radius 3 is 2.04 bits per heavy atom. The van der Waals surface area contributed by atoms with E-state index in [-0.39, 0.29) is 11.5 Å². The average Bonchev–Trinajstić information content (AvgIpc) is 2.50. The lowest BCUT2D eigenvalue weighted by atomic mass is 9.96. The van der Waals surface area contributed by atoms with Crippen LogP contribution in [0.25, 0.3) is 11.1 Å². The minimum Gasteiger partial charge on any atom is -0.392 e. The van der Waals surface area contributed by atoms with Gasteiger partial charge in [0.15, 0.2) is 21.5 Å². The highest BCUT2D eigenvalue weighted by atomic mass is 32.2. The monoisotopic (exact) mass is 338 g/mol. The Morgan fingerprint density at radius 2 is 1.57 bits per heavy atom. The van der Waals surface area contributed by atoms with Gasteiger partial charge in [0.25, 0.3) is 0 Å². The van der Waals surface area contributed by atoms with Gasteiger partial charge in [0.1, 0.15) is 0 Å². The third kappa shape index (κ3) is 3.83. The number of allylic oxidation sites excluding steroid dienone is 1. The predicted molar refractivity (Wildman–Crippen MR) is 85.5 cm³/mol. The first-order chi connectivity index (χ1) is 10.7. The maximum absolute atomic E-state index is 13.4. The van der Waals surface area contributed by atoms with Crippen molar-refractivity contribution in [3.63, 3.8) is 0 Å². The molecule has 0 unspecified atom stereocenters. The van der Waals surface area contributed by atoms with E-state index in [4.69, 9.17) is 0 Å². The van der Waals surface area contributed by atoms with E-state index in [1.54, 1.807) is 19.1 Å². The number of rotatable bonds is 4. The molecule has 2 aromatic rings. The number of halogens is 2. The molecule has 122 valence electrons. The maximum atomic E-state index is 13.4. The van der Waals surface area contributed by atoms with Gasteiger partial charge in [-0.05, 0) is 53.5 Å². The van der Waals surface area contributed by atoms with Gasteiger partial charge >= 0.3 is 0 Å². The number of hydrogen-bond acceptors (Lipinski definition) is 3. The van der Waals surface area contributed by atoms with Crippen molar-refractivity contribution in [2.45, 2.75) is 11.8 Å². The number of hydrogen-bond donors (Lipinski definition) is 1. The molecule has 23 heavy (non-hydrogen) atoms. The Hall–Kier alpha value is -2.05. The quantitative estimate of drug-likeness (QED) is 0.871. The average molecular weight is 338 g/mol. The number of aliphatic hydroxyl groups excluding tert-OH is 1. The fraction of sp³-hybridized carbons (Fsp3) is 0.176. The molecule has 0 saturated heterocycles. The molecule has 0 amide bonds. The summed E-state index contributed by atoms with van der Waals surface area (Å²) in [7, 11) is -3.29. The predicted octanol–water partition coefficient (Wildman–Crippen LogP) is 3.29. The van der Waals surface area contributed by atoms with E-state index in [2.05, 4.69) is 0 Å². The van der Waals surface area contributed by atoms with Crippen LogP contribution in [0.15, 0.2) is 47.4 Å². The molecule has 0 fully saturated rings. The largest absolute Gasteiger partial charge is 0.392 e. The van der Waals surface area contributed by atoms with E-state index < -0.39 is 21.5 Å². The van der Waals surface area contributed by atoms with Crippen molar-refractivity contribution < 1.29 is 22.3 Å². The Bertz CT molecular complexity index is 854. The van der Waals surface area contributed by atoms with Crippen molar-refractivity contribution in [1.82, 2.24) is 0 Å². The minimum absolute atomic E-state index is 0.187. The zero-order valence-corrected chi connectivity index (χ0v) is 13.5. The Morgan fingerprint density at radius 1 is 1.00 bits per heavy atom. The molecule has 6 heteroatoms. The maximum Gasteiger partial charge on any atom is 0.175 e. The molecule has 0 saturated carbocycles. The molecule has 0 atom stereocenters. The van der Waals surface area contributed by atoms with Crippen LogP contribution in [0.4, 0.5) is 8.78 Å². The van der Waals surface area contributed by atoms with Crippen molar-refractivity contribution in [2.75, 3.05) is 12.9 Å². The van der Waals surface area contributed by atoms with Gasteiger partial charge in [0, 0.05) is 6.26 Å². The normalized spacial score (nSPS) is 12.9. The summed E-state index contributed by atoms with van der Waals surface area (Å²) >= 11 is 0. The summed E-state index contributed by atoms with van der Waals surface area (Å²) in [6, 6.07) is 9.57.